The Bertz CT molecular complexity index is 3030. The monoisotopic (exact) mass is 703 g/mol. The van der Waals surface area contributed by atoms with Crippen LogP contribution >= 0.6 is 0 Å². The molecule has 0 aliphatic carbocycles. The normalized spacial score (nSPS) is 11.3. The minimum atomic E-state index is 0.174. The van der Waals surface area contributed by atoms with Crippen molar-refractivity contribution in [2.75, 3.05) is 0 Å². The predicted molar refractivity (Wildman–Crippen MR) is 227 cm³/mol. The van der Waals surface area contributed by atoms with Gasteiger partial charge in [-0.2, -0.15) is 0 Å². The van der Waals surface area contributed by atoms with Crippen LogP contribution in [0.3, 0.4) is 0 Å². The van der Waals surface area contributed by atoms with Gasteiger partial charge in [-0.1, -0.05) is 170 Å². The van der Waals surface area contributed by atoms with Gasteiger partial charge < -0.3 is 5.11 Å². The molecule has 0 aliphatic heterocycles. The average molecular weight is 704 g/mol. The fourth-order valence-electron chi connectivity index (χ4n) is 7.63. The molecule has 0 bridgehead atoms. The fourth-order valence-corrected chi connectivity index (χ4v) is 7.63. The van der Waals surface area contributed by atoms with E-state index in [1.807, 2.05) is 36.4 Å². The van der Waals surface area contributed by atoms with E-state index < -0.39 is 0 Å². The van der Waals surface area contributed by atoms with Gasteiger partial charge in [-0.05, 0) is 57.3 Å². The number of hydrogen-bond donors (Lipinski definition) is 1. The van der Waals surface area contributed by atoms with Gasteiger partial charge in [0.1, 0.15) is 11.3 Å². The van der Waals surface area contributed by atoms with E-state index in [1.54, 1.807) is 6.07 Å². The lowest BCUT2D eigenvalue weighted by atomic mass is 9.93. The molecule has 0 saturated carbocycles. The van der Waals surface area contributed by atoms with E-state index in [4.69, 9.17) is 15.0 Å². The van der Waals surface area contributed by atoms with Gasteiger partial charge in [-0.3, -0.25) is 0 Å². The smallest absolute Gasteiger partial charge is 0.160 e. The lowest BCUT2D eigenvalue weighted by Crippen LogP contribution is -1.96. The lowest BCUT2D eigenvalue weighted by Gasteiger charge is -2.14. The second kappa shape index (κ2) is 13.5. The average Bonchev–Trinajstić information content (AvgIpc) is 3.26. The molecule has 1 N–H and O–H groups in total. The highest BCUT2D eigenvalue weighted by atomic mass is 16.3. The van der Waals surface area contributed by atoms with Gasteiger partial charge in [0.2, 0.25) is 0 Å². The van der Waals surface area contributed by atoms with Gasteiger partial charge in [0.05, 0.1) is 17.1 Å². The Kier molecular flexibility index (Phi) is 7.93. The largest absolute Gasteiger partial charge is 0.506 e. The summed E-state index contributed by atoms with van der Waals surface area (Å²) in [6.45, 7) is 0. The number of benzene rings is 8. The molecule has 4 nitrogen and oxygen atoms in total. The highest BCUT2D eigenvalue weighted by Gasteiger charge is 2.16. The number of aromatic nitrogens is 3. The summed E-state index contributed by atoms with van der Waals surface area (Å²) >= 11 is 0. The van der Waals surface area contributed by atoms with Crippen molar-refractivity contribution in [3.05, 3.63) is 194 Å². The van der Waals surface area contributed by atoms with E-state index in [2.05, 4.69) is 152 Å². The number of phenols is 1. The zero-order valence-electron chi connectivity index (χ0n) is 29.8. The molecule has 4 heteroatoms. The first kappa shape index (κ1) is 32.2. The van der Waals surface area contributed by atoms with Crippen molar-refractivity contribution >= 4 is 32.4 Å². The number of hydrogen-bond acceptors (Lipinski definition) is 4. The lowest BCUT2D eigenvalue weighted by molar-refractivity contribution is 0.480. The van der Waals surface area contributed by atoms with Crippen LogP contribution in [0, 0.1) is 0 Å². The summed E-state index contributed by atoms with van der Waals surface area (Å²) in [5.41, 5.74) is 11.6. The molecular formula is C51H33N3O. The van der Waals surface area contributed by atoms with Crippen LogP contribution in [0.1, 0.15) is 0 Å². The van der Waals surface area contributed by atoms with E-state index in [-0.39, 0.29) is 5.75 Å². The van der Waals surface area contributed by atoms with Gasteiger partial charge in [0, 0.05) is 38.4 Å². The molecule has 0 amide bonds. The van der Waals surface area contributed by atoms with Crippen molar-refractivity contribution < 1.29 is 5.11 Å². The minimum absolute atomic E-state index is 0.174. The molecule has 0 spiro atoms. The van der Waals surface area contributed by atoms with Crippen molar-refractivity contribution in [1.82, 2.24) is 15.0 Å². The summed E-state index contributed by atoms with van der Waals surface area (Å²) in [5.74, 6) is 0.854. The summed E-state index contributed by atoms with van der Waals surface area (Å²) < 4.78 is 0. The zero-order chi connectivity index (χ0) is 36.7. The molecule has 8 aromatic carbocycles. The van der Waals surface area contributed by atoms with Gasteiger partial charge in [-0.25, -0.2) is 15.0 Å². The first-order valence-electron chi connectivity index (χ1n) is 18.4. The van der Waals surface area contributed by atoms with E-state index in [9.17, 15) is 5.11 Å². The highest BCUT2D eigenvalue weighted by Crippen LogP contribution is 2.40. The summed E-state index contributed by atoms with van der Waals surface area (Å²) in [7, 11) is 0. The molecular weight excluding hydrogens is 671 g/mol. The van der Waals surface area contributed by atoms with Gasteiger partial charge in [0.15, 0.2) is 5.82 Å². The maximum atomic E-state index is 11.0. The quantitative estimate of drug-likeness (QED) is 0.175. The number of phenolic OH excluding ortho intramolecular Hbond substituents is 1. The van der Waals surface area contributed by atoms with Crippen molar-refractivity contribution in [2.24, 2.45) is 0 Å². The summed E-state index contributed by atoms with van der Waals surface area (Å²) in [6, 6.07) is 66.6. The first-order chi connectivity index (χ1) is 27.2. The van der Waals surface area contributed by atoms with E-state index in [0.29, 0.717) is 11.3 Å². The van der Waals surface area contributed by atoms with Crippen molar-refractivity contribution in [2.45, 2.75) is 0 Å². The summed E-state index contributed by atoms with van der Waals surface area (Å²) in [5, 5.41) is 16.3. The van der Waals surface area contributed by atoms with E-state index >= 15 is 0 Å². The van der Waals surface area contributed by atoms with Crippen LogP contribution in [0.15, 0.2) is 194 Å². The SMILES string of the molecule is Oc1cccc2c1nc(-c1cccc(-c3ccc(-c4cc(-c5ccccc5)nc(-c5cccc(-c6ccccc6)c5)n4)cc3)c1)c1ccc3ccccc3c12. The van der Waals surface area contributed by atoms with Gasteiger partial charge >= 0.3 is 0 Å². The van der Waals surface area contributed by atoms with Gasteiger partial charge in [0.25, 0.3) is 0 Å². The molecule has 10 rings (SSSR count). The summed E-state index contributed by atoms with van der Waals surface area (Å²) in [4.78, 5) is 15.3. The Morgan fingerprint density at radius 2 is 0.855 bits per heavy atom. The highest BCUT2D eigenvalue weighted by molar-refractivity contribution is 6.23. The molecule has 0 radical (unpaired) electrons. The molecule has 55 heavy (non-hydrogen) atoms. The number of nitrogens with zero attached hydrogens (tertiary/aromatic N) is 3. The fraction of sp³-hybridized carbons (Fsp3) is 0. The first-order valence-corrected chi connectivity index (χ1v) is 18.4. The molecule has 0 atom stereocenters. The maximum absolute atomic E-state index is 11.0. The molecule has 2 heterocycles. The third-order valence-electron chi connectivity index (χ3n) is 10.4. The van der Waals surface area contributed by atoms with Crippen LogP contribution in [-0.4, -0.2) is 20.1 Å². The van der Waals surface area contributed by atoms with E-state index in [1.165, 1.54) is 0 Å². The third kappa shape index (κ3) is 5.96. The Balaban J connectivity index is 1.05. The Labute approximate surface area is 318 Å². The number of para-hydroxylation sites is 1. The van der Waals surface area contributed by atoms with Crippen LogP contribution in [0.5, 0.6) is 5.75 Å². The molecule has 0 aliphatic rings. The number of rotatable bonds is 6. The molecule has 0 unspecified atom stereocenters. The minimum Gasteiger partial charge on any atom is -0.506 e. The van der Waals surface area contributed by atoms with Crippen LogP contribution in [0.25, 0.3) is 99.9 Å². The van der Waals surface area contributed by atoms with Crippen molar-refractivity contribution in [3.63, 3.8) is 0 Å². The number of fused-ring (bicyclic) bond motifs is 5. The van der Waals surface area contributed by atoms with Crippen LogP contribution in [0.2, 0.25) is 0 Å². The zero-order valence-corrected chi connectivity index (χ0v) is 29.8. The van der Waals surface area contributed by atoms with Crippen molar-refractivity contribution in [1.29, 1.82) is 0 Å². The topological polar surface area (TPSA) is 58.9 Å². The summed E-state index contributed by atoms with van der Waals surface area (Å²) in [6.07, 6.45) is 0. The predicted octanol–water partition coefficient (Wildman–Crippen LogP) is 13.0. The number of aromatic hydroxyl groups is 1. The molecule has 10 aromatic rings. The van der Waals surface area contributed by atoms with Crippen LogP contribution in [0.4, 0.5) is 0 Å². The van der Waals surface area contributed by atoms with Crippen LogP contribution in [-0.2, 0) is 0 Å². The number of pyridine rings is 1. The molecule has 2 aromatic heterocycles. The Morgan fingerprint density at radius 1 is 0.327 bits per heavy atom. The molecule has 0 saturated heterocycles. The second-order valence-corrected chi connectivity index (χ2v) is 13.8. The maximum Gasteiger partial charge on any atom is 0.160 e. The third-order valence-corrected chi connectivity index (χ3v) is 10.4. The standard InChI is InChI=1S/C51H33N3O/c55-47-23-11-22-43-48-42-21-8-7-14-35(42)28-29-44(48)49(54-50(43)47)40-19-9-17-38(30-40)34-24-26-37(27-25-34)46-32-45(36-15-5-2-6-16-36)52-51(53-46)41-20-10-18-39(31-41)33-12-3-1-4-13-33/h1-32,55H. The van der Waals surface area contributed by atoms with Gasteiger partial charge in [-0.15, -0.1) is 0 Å². The van der Waals surface area contributed by atoms with Crippen molar-refractivity contribution in [3.8, 4) is 73.2 Å². The Morgan fingerprint density at radius 3 is 1.60 bits per heavy atom. The van der Waals surface area contributed by atoms with Crippen LogP contribution < -0.4 is 0 Å². The molecule has 0 fully saturated rings. The molecule has 258 valence electrons. The Hall–Kier alpha value is -7.43. The second-order valence-electron chi connectivity index (χ2n) is 13.8. The van der Waals surface area contributed by atoms with E-state index in [0.717, 1.165) is 88.5 Å².